The maximum Gasteiger partial charge on any atom is 0.124 e. The van der Waals surface area contributed by atoms with Crippen LogP contribution in [-0.4, -0.2) is 32.6 Å². The Morgan fingerprint density at radius 3 is 2.00 bits per heavy atom. The quantitative estimate of drug-likeness (QED) is 0.774. The van der Waals surface area contributed by atoms with Gasteiger partial charge in [-0.1, -0.05) is 18.2 Å². The fraction of sp³-hybridized carbons (Fsp3) is 0.500. The summed E-state index contributed by atoms with van der Waals surface area (Å²) in [6.07, 6.45) is 2.92. The number of quaternary nitrogens is 1. The highest BCUT2D eigenvalue weighted by atomic mass is 32.2. The summed E-state index contributed by atoms with van der Waals surface area (Å²) in [5.74, 6) is 0. The molecule has 96 valence electrons. The Hall–Kier alpha value is -0.910. The van der Waals surface area contributed by atoms with Gasteiger partial charge in [0.1, 0.15) is 10.1 Å². The molecule has 1 fully saturated rings. The van der Waals surface area contributed by atoms with Crippen molar-refractivity contribution in [3.8, 4) is 0 Å². The molecule has 0 aromatic heterocycles. The summed E-state index contributed by atoms with van der Waals surface area (Å²) in [4.78, 5) is 1.61. The normalized spacial score (nSPS) is 16.4. The molecule has 1 aliphatic heterocycles. The third-order valence-corrected chi connectivity index (χ3v) is 3.69. The molecule has 0 spiro atoms. The molecule has 0 atom stereocenters. The Kier molecular flexibility index (Phi) is 5.61. The van der Waals surface area contributed by atoms with Crippen molar-refractivity contribution in [3.63, 3.8) is 0 Å². The van der Waals surface area contributed by atoms with Crippen LogP contribution in [0.5, 0.6) is 0 Å². The summed E-state index contributed by atoms with van der Waals surface area (Å²) in [5, 5.41) is 0. The lowest BCUT2D eigenvalue weighted by Gasteiger charge is -2.05. The van der Waals surface area contributed by atoms with Gasteiger partial charge in [0.2, 0.25) is 0 Å². The summed E-state index contributed by atoms with van der Waals surface area (Å²) in [5.41, 5.74) is 0. The van der Waals surface area contributed by atoms with Gasteiger partial charge in [0.05, 0.1) is 24.5 Å². The van der Waals surface area contributed by atoms with Crippen LogP contribution in [0.3, 0.4) is 0 Å². The number of benzene rings is 1. The lowest BCUT2D eigenvalue weighted by molar-refractivity contribution is -0.885. The first-order valence-electron chi connectivity index (χ1n) is 5.88. The minimum atomic E-state index is -4.25. The van der Waals surface area contributed by atoms with Crippen LogP contribution in [0.2, 0.25) is 0 Å². The van der Waals surface area contributed by atoms with Gasteiger partial charge in [0.15, 0.2) is 0 Å². The van der Waals surface area contributed by atoms with Crippen LogP contribution in [0.25, 0.3) is 0 Å². The van der Waals surface area contributed by atoms with Crippen molar-refractivity contribution in [1.82, 2.24) is 0 Å². The number of rotatable bonds is 2. The molecule has 1 aromatic carbocycles. The smallest absolute Gasteiger partial charge is 0.124 e. The van der Waals surface area contributed by atoms with E-state index in [1.54, 1.807) is 11.0 Å². The Morgan fingerprint density at radius 2 is 1.71 bits per heavy atom. The van der Waals surface area contributed by atoms with Gasteiger partial charge in [-0.25, -0.2) is 8.42 Å². The van der Waals surface area contributed by atoms with Crippen LogP contribution < -0.4 is 4.90 Å². The van der Waals surface area contributed by atoms with E-state index in [1.165, 1.54) is 56.7 Å². The molecule has 1 saturated heterocycles. The first-order valence-corrected chi connectivity index (χ1v) is 7.29. The number of likely N-dealkylation sites (tertiary alicyclic amines) is 1. The van der Waals surface area contributed by atoms with E-state index in [1.807, 2.05) is 0 Å². The molecule has 1 N–H and O–H groups in total. The van der Waals surface area contributed by atoms with E-state index in [9.17, 15) is 13.0 Å². The molecule has 0 radical (unpaired) electrons. The Labute approximate surface area is 103 Å². The van der Waals surface area contributed by atoms with Crippen LogP contribution in [0.1, 0.15) is 19.8 Å². The molecule has 0 amide bonds. The number of nitrogens with one attached hydrogen (secondary N) is 1. The molecule has 1 aliphatic rings. The summed E-state index contributed by atoms with van der Waals surface area (Å²) in [6.45, 7) is 6.45. The predicted molar refractivity (Wildman–Crippen MR) is 64.9 cm³/mol. The zero-order valence-electron chi connectivity index (χ0n) is 10.1. The Bertz CT molecular complexity index is 411. The summed E-state index contributed by atoms with van der Waals surface area (Å²) < 4.78 is 30.8. The Balaban J connectivity index is 0.000000181. The molecule has 1 heterocycles. The maximum absolute atomic E-state index is 10.3. The van der Waals surface area contributed by atoms with Crippen molar-refractivity contribution in [2.24, 2.45) is 0 Å². The lowest BCUT2D eigenvalue weighted by atomic mass is 10.4. The zero-order valence-corrected chi connectivity index (χ0v) is 10.9. The molecular weight excluding hydrogens is 238 g/mol. The van der Waals surface area contributed by atoms with E-state index >= 15 is 0 Å². The first-order chi connectivity index (χ1) is 8.04. The molecule has 0 unspecified atom stereocenters. The van der Waals surface area contributed by atoms with Crippen LogP contribution in [0.4, 0.5) is 0 Å². The molecule has 0 bridgehead atoms. The van der Waals surface area contributed by atoms with Crippen molar-refractivity contribution in [3.05, 3.63) is 30.3 Å². The van der Waals surface area contributed by atoms with Crippen molar-refractivity contribution in [2.45, 2.75) is 24.7 Å². The molecule has 5 heteroatoms. The second-order valence-electron chi connectivity index (χ2n) is 4.08. The SMILES string of the molecule is CC[NH+]1CCCC1.O=S(=O)([O-])c1ccccc1. The van der Waals surface area contributed by atoms with Crippen LogP contribution in [0, 0.1) is 0 Å². The van der Waals surface area contributed by atoms with E-state index in [-0.39, 0.29) is 4.90 Å². The van der Waals surface area contributed by atoms with E-state index in [0.29, 0.717) is 0 Å². The van der Waals surface area contributed by atoms with Crippen molar-refractivity contribution in [2.75, 3.05) is 19.6 Å². The standard InChI is InChI=1S/C6H13N.C6H6O3S/c1-2-7-5-3-4-6-7;7-10(8,9)6-4-2-1-3-5-6/h2-6H2,1H3;1-5H,(H,7,8,9). The molecule has 4 nitrogen and oxygen atoms in total. The topological polar surface area (TPSA) is 61.6 Å². The minimum Gasteiger partial charge on any atom is -0.744 e. The fourth-order valence-electron chi connectivity index (χ4n) is 1.82. The van der Waals surface area contributed by atoms with Crippen molar-refractivity contribution in [1.29, 1.82) is 0 Å². The predicted octanol–water partition coefficient (Wildman–Crippen LogP) is 0.276. The molecular formula is C12H19NO3S. The average molecular weight is 257 g/mol. The fourth-order valence-corrected chi connectivity index (χ4v) is 2.31. The highest BCUT2D eigenvalue weighted by molar-refractivity contribution is 7.85. The molecule has 0 aliphatic carbocycles. The highest BCUT2D eigenvalue weighted by Crippen LogP contribution is 2.04. The summed E-state index contributed by atoms with van der Waals surface area (Å²) >= 11 is 0. The van der Waals surface area contributed by atoms with Gasteiger partial charge in [0.25, 0.3) is 0 Å². The second-order valence-corrected chi connectivity index (χ2v) is 5.46. The van der Waals surface area contributed by atoms with Crippen molar-refractivity contribution < 1.29 is 17.9 Å². The van der Waals surface area contributed by atoms with E-state index in [0.717, 1.165) is 0 Å². The van der Waals surface area contributed by atoms with Gasteiger partial charge >= 0.3 is 0 Å². The first kappa shape index (κ1) is 14.2. The van der Waals surface area contributed by atoms with Gasteiger partial charge in [-0.15, -0.1) is 0 Å². The second kappa shape index (κ2) is 6.74. The molecule has 2 rings (SSSR count). The highest BCUT2D eigenvalue weighted by Gasteiger charge is 2.11. The molecule has 0 saturated carbocycles. The lowest BCUT2D eigenvalue weighted by Crippen LogP contribution is -3.09. The third-order valence-electron chi connectivity index (χ3n) is 2.84. The summed E-state index contributed by atoms with van der Waals surface area (Å²) in [7, 11) is -4.25. The van der Waals surface area contributed by atoms with E-state index < -0.39 is 10.1 Å². The average Bonchev–Trinajstić information content (AvgIpc) is 2.83. The van der Waals surface area contributed by atoms with Crippen LogP contribution in [0.15, 0.2) is 35.2 Å². The minimum absolute atomic E-state index is 0.185. The molecule has 1 aromatic rings. The largest absolute Gasteiger partial charge is 0.744 e. The zero-order chi connectivity index (χ0) is 12.7. The van der Waals surface area contributed by atoms with Gasteiger partial charge in [0, 0.05) is 12.8 Å². The maximum atomic E-state index is 10.3. The van der Waals surface area contributed by atoms with Crippen LogP contribution in [-0.2, 0) is 10.1 Å². The van der Waals surface area contributed by atoms with E-state index in [2.05, 4.69) is 6.92 Å². The number of hydrogen-bond acceptors (Lipinski definition) is 3. The molecule has 17 heavy (non-hydrogen) atoms. The van der Waals surface area contributed by atoms with Crippen LogP contribution >= 0.6 is 0 Å². The Morgan fingerprint density at radius 1 is 1.18 bits per heavy atom. The number of hydrogen-bond donors (Lipinski definition) is 1. The third kappa shape index (κ3) is 5.30. The van der Waals surface area contributed by atoms with E-state index in [4.69, 9.17) is 0 Å². The van der Waals surface area contributed by atoms with Gasteiger partial charge in [-0.3, -0.25) is 0 Å². The van der Waals surface area contributed by atoms with Gasteiger partial charge in [-0.05, 0) is 19.1 Å². The van der Waals surface area contributed by atoms with Gasteiger partial charge < -0.3 is 9.45 Å². The monoisotopic (exact) mass is 257 g/mol. The van der Waals surface area contributed by atoms with Gasteiger partial charge in [-0.2, -0.15) is 0 Å². The van der Waals surface area contributed by atoms with Crippen molar-refractivity contribution >= 4 is 10.1 Å². The summed E-state index contributed by atoms with van der Waals surface area (Å²) in [6, 6.07) is 7.19.